The number of aryl methyl sites for hydroxylation is 2. The Morgan fingerprint density at radius 3 is 2.37 bits per heavy atom. The molecule has 1 aliphatic heterocycles. The summed E-state index contributed by atoms with van der Waals surface area (Å²) in [7, 11) is 0. The van der Waals surface area contributed by atoms with Crippen LogP contribution in [0.25, 0.3) is 0 Å². The Morgan fingerprint density at radius 2 is 1.66 bits per heavy atom. The number of carbonyl (C=O) groups is 1. The second kappa shape index (κ2) is 12.1. The summed E-state index contributed by atoms with van der Waals surface area (Å²) < 4.78 is 22.9. The van der Waals surface area contributed by atoms with Crippen LogP contribution in [0.3, 0.4) is 0 Å². The van der Waals surface area contributed by atoms with Gasteiger partial charge in [-0.2, -0.15) is 5.26 Å². The molecular formula is C33H27ClN2O5. The van der Waals surface area contributed by atoms with Crippen molar-refractivity contribution in [3.8, 4) is 29.1 Å². The molecule has 0 aromatic heterocycles. The zero-order valence-corrected chi connectivity index (χ0v) is 23.3. The van der Waals surface area contributed by atoms with E-state index >= 15 is 0 Å². The van der Waals surface area contributed by atoms with Gasteiger partial charge in [0.2, 0.25) is 5.88 Å². The topological polar surface area (TPSA) is 104 Å². The fourth-order valence-electron chi connectivity index (χ4n) is 4.69. The number of benzene rings is 4. The maximum Gasteiger partial charge on any atom is 0.349 e. The lowest BCUT2D eigenvalue weighted by molar-refractivity contribution is -0.136. The SMILES string of the molecule is Cc1cccc(C)c1OCC(=O)Oc1ccc2c(c1)OC(N)=C(C#N)C2c1ccc(OCc2ccccc2Cl)cc1. The van der Waals surface area contributed by atoms with Gasteiger partial charge in [-0.25, -0.2) is 4.79 Å². The molecule has 4 aromatic rings. The molecule has 0 aliphatic carbocycles. The monoisotopic (exact) mass is 566 g/mol. The highest BCUT2D eigenvalue weighted by Gasteiger charge is 2.31. The van der Waals surface area contributed by atoms with E-state index in [-0.39, 0.29) is 23.8 Å². The fourth-order valence-corrected chi connectivity index (χ4v) is 4.88. The van der Waals surface area contributed by atoms with Gasteiger partial charge in [0.05, 0.1) is 5.92 Å². The molecule has 0 amide bonds. The highest BCUT2D eigenvalue weighted by molar-refractivity contribution is 6.31. The number of para-hydroxylation sites is 1. The summed E-state index contributed by atoms with van der Waals surface area (Å²) in [6.45, 7) is 3.91. The molecule has 0 spiro atoms. The second-order valence-corrected chi connectivity index (χ2v) is 9.96. The van der Waals surface area contributed by atoms with Gasteiger partial charge in [0.25, 0.3) is 0 Å². The largest absolute Gasteiger partial charge is 0.489 e. The smallest absolute Gasteiger partial charge is 0.349 e. The van der Waals surface area contributed by atoms with E-state index in [1.54, 1.807) is 18.2 Å². The Kier molecular flexibility index (Phi) is 8.14. The first-order chi connectivity index (χ1) is 19.8. The molecule has 4 aromatic carbocycles. The van der Waals surface area contributed by atoms with Crippen molar-refractivity contribution in [3.63, 3.8) is 0 Å². The maximum atomic E-state index is 12.5. The summed E-state index contributed by atoms with van der Waals surface area (Å²) in [5.41, 5.74) is 10.7. The number of nitrogens with two attached hydrogens (primary N) is 1. The minimum atomic E-state index is -0.562. The van der Waals surface area contributed by atoms with E-state index < -0.39 is 11.9 Å². The lowest BCUT2D eigenvalue weighted by Gasteiger charge is -2.27. The van der Waals surface area contributed by atoms with Crippen LogP contribution in [0, 0.1) is 25.2 Å². The molecule has 206 valence electrons. The zero-order chi connectivity index (χ0) is 28.9. The summed E-state index contributed by atoms with van der Waals surface area (Å²) in [6, 6.07) is 27.9. The number of allylic oxidation sites excluding steroid dienone is 1. The molecule has 0 radical (unpaired) electrons. The number of hydrogen-bond acceptors (Lipinski definition) is 7. The van der Waals surface area contributed by atoms with E-state index in [4.69, 9.17) is 36.3 Å². The third kappa shape index (κ3) is 6.13. The van der Waals surface area contributed by atoms with Crippen LogP contribution in [-0.4, -0.2) is 12.6 Å². The first-order valence-corrected chi connectivity index (χ1v) is 13.3. The van der Waals surface area contributed by atoms with Crippen molar-refractivity contribution in [1.29, 1.82) is 5.26 Å². The van der Waals surface area contributed by atoms with Crippen molar-refractivity contribution in [2.45, 2.75) is 26.4 Å². The van der Waals surface area contributed by atoms with Gasteiger partial charge in [0, 0.05) is 22.2 Å². The normalized spacial score (nSPS) is 14.0. The van der Waals surface area contributed by atoms with Gasteiger partial charge in [-0.05, 0) is 54.8 Å². The number of nitriles is 1. The summed E-state index contributed by atoms with van der Waals surface area (Å²) in [5.74, 6) is 0.934. The Hall–Kier alpha value is -4.93. The summed E-state index contributed by atoms with van der Waals surface area (Å²) in [5, 5.41) is 10.5. The Bertz CT molecular complexity index is 1650. The molecule has 1 aliphatic rings. The van der Waals surface area contributed by atoms with Crippen LogP contribution in [0.1, 0.15) is 33.7 Å². The van der Waals surface area contributed by atoms with Crippen LogP contribution in [0.4, 0.5) is 0 Å². The predicted molar refractivity (Wildman–Crippen MR) is 155 cm³/mol. The molecule has 41 heavy (non-hydrogen) atoms. The minimum absolute atomic E-state index is 0.00844. The van der Waals surface area contributed by atoms with Crippen molar-refractivity contribution in [2.24, 2.45) is 5.73 Å². The highest BCUT2D eigenvalue weighted by Crippen LogP contribution is 2.43. The molecule has 8 heteroatoms. The molecule has 7 nitrogen and oxygen atoms in total. The molecule has 0 bridgehead atoms. The van der Waals surface area contributed by atoms with Gasteiger partial charge in [-0.3, -0.25) is 0 Å². The first-order valence-electron chi connectivity index (χ1n) is 12.9. The van der Waals surface area contributed by atoms with Crippen molar-refractivity contribution >= 4 is 17.6 Å². The van der Waals surface area contributed by atoms with Crippen molar-refractivity contribution in [1.82, 2.24) is 0 Å². The lowest BCUT2D eigenvalue weighted by atomic mass is 9.83. The van der Waals surface area contributed by atoms with E-state index in [9.17, 15) is 10.1 Å². The van der Waals surface area contributed by atoms with Gasteiger partial charge in [0.1, 0.15) is 41.2 Å². The Morgan fingerprint density at radius 1 is 0.951 bits per heavy atom. The van der Waals surface area contributed by atoms with E-state index in [0.29, 0.717) is 34.4 Å². The van der Waals surface area contributed by atoms with Gasteiger partial charge in [-0.1, -0.05) is 66.2 Å². The van der Waals surface area contributed by atoms with E-state index in [0.717, 1.165) is 22.3 Å². The third-order valence-electron chi connectivity index (χ3n) is 6.73. The van der Waals surface area contributed by atoms with Gasteiger partial charge in [-0.15, -0.1) is 0 Å². The van der Waals surface area contributed by atoms with E-state index in [1.165, 1.54) is 0 Å². The number of hydrogen-bond donors (Lipinski definition) is 1. The van der Waals surface area contributed by atoms with E-state index in [2.05, 4.69) is 6.07 Å². The molecule has 1 atom stereocenters. The van der Waals surface area contributed by atoms with Crippen LogP contribution in [0.15, 0.2) is 96.4 Å². The standard InChI is InChI=1S/C33H27ClN2O5/c1-20-6-5-7-21(2)32(20)39-19-30(37)40-25-14-15-26-29(16-25)41-33(36)27(17-35)31(26)22-10-12-24(13-11-22)38-18-23-8-3-4-9-28(23)34/h3-16,31H,18-19,36H2,1-2H3. The number of fused-ring (bicyclic) bond motifs is 1. The van der Waals surface area contributed by atoms with Crippen molar-refractivity contribution < 1.29 is 23.7 Å². The summed E-state index contributed by atoms with van der Waals surface area (Å²) in [6.07, 6.45) is 0. The predicted octanol–water partition coefficient (Wildman–Crippen LogP) is 6.74. The summed E-state index contributed by atoms with van der Waals surface area (Å²) in [4.78, 5) is 12.5. The zero-order valence-electron chi connectivity index (χ0n) is 22.5. The minimum Gasteiger partial charge on any atom is -0.489 e. The van der Waals surface area contributed by atoms with Crippen LogP contribution >= 0.6 is 11.6 Å². The second-order valence-electron chi connectivity index (χ2n) is 9.56. The fraction of sp³-hybridized carbons (Fsp3) is 0.152. The van der Waals surface area contributed by atoms with Crippen LogP contribution < -0.4 is 24.7 Å². The number of ether oxygens (including phenoxy) is 4. The molecule has 5 rings (SSSR count). The number of esters is 1. The highest BCUT2D eigenvalue weighted by atomic mass is 35.5. The molecule has 0 saturated heterocycles. The van der Waals surface area contributed by atoms with Crippen LogP contribution in [-0.2, 0) is 11.4 Å². The van der Waals surface area contributed by atoms with Gasteiger partial charge in [0.15, 0.2) is 6.61 Å². The molecule has 0 saturated carbocycles. The van der Waals surface area contributed by atoms with Crippen LogP contribution in [0.2, 0.25) is 5.02 Å². The van der Waals surface area contributed by atoms with Crippen molar-refractivity contribution in [2.75, 3.05) is 6.61 Å². The number of rotatable bonds is 8. The number of nitrogens with zero attached hydrogens (tertiary/aromatic N) is 1. The number of carbonyl (C=O) groups excluding carboxylic acids is 1. The maximum absolute atomic E-state index is 12.5. The van der Waals surface area contributed by atoms with Gasteiger partial charge >= 0.3 is 5.97 Å². The summed E-state index contributed by atoms with van der Waals surface area (Å²) >= 11 is 6.23. The molecule has 2 N–H and O–H groups in total. The molecular weight excluding hydrogens is 540 g/mol. The lowest BCUT2D eigenvalue weighted by Crippen LogP contribution is -2.22. The average Bonchev–Trinajstić information content (AvgIpc) is 2.96. The van der Waals surface area contributed by atoms with E-state index in [1.807, 2.05) is 80.6 Å². The number of halogens is 1. The molecule has 1 unspecified atom stereocenters. The molecule has 1 heterocycles. The quantitative estimate of drug-likeness (QED) is 0.186. The first kappa shape index (κ1) is 27.6. The average molecular weight is 567 g/mol. The van der Waals surface area contributed by atoms with Crippen molar-refractivity contribution in [3.05, 3.63) is 129 Å². The van der Waals surface area contributed by atoms with Crippen LogP contribution in [0.5, 0.6) is 23.0 Å². The Labute approximate surface area is 243 Å². The third-order valence-corrected chi connectivity index (χ3v) is 7.10. The van der Waals surface area contributed by atoms with Gasteiger partial charge < -0.3 is 24.7 Å². The Balaban J connectivity index is 1.31. The molecule has 0 fully saturated rings.